The lowest BCUT2D eigenvalue weighted by molar-refractivity contribution is 0.150. The zero-order valence-electron chi connectivity index (χ0n) is 10.3. The van der Waals surface area contributed by atoms with Crippen LogP contribution in [0, 0.1) is 17.6 Å². The van der Waals surface area contributed by atoms with Crippen molar-refractivity contribution in [2.24, 2.45) is 5.92 Å². The van der Waals surface area contributed by atoms with Crippen molar-refractivity contribution in [2.75, 3.05) is 0 Å². The van der Waals surface area contributed by atoms with Crippen LogP contribution in [-0.2, 0) is 0 Å². The molecule has 0 spiro atoms. The van der Waals surface area contributed by atoms with Crippen LogP contribution in [0.5, 0.6) is 0 Å². The summed E-state index contributed by atoms with van der Waals surface area (Å²) in [5, 5.41) is 10.2. The maximum Gasteiger partial charge on any atom is 0.126 e. The number of halogens is 2. The summed E-state index contributed by atoms with van der Waals surface area (Å²) in [5.74, 6) is -0.969. The molecule has 0 saturated heterocycles. The molecule has 3 unspecified atom stereocenters. The van der Waals surface area contributed by atoms with E-state index in [2.05, 4.69) is 0 Å². The summed E-state index contributed by atoms with van der Waals surface area (Å²) in [6.07, 6.45) is 0.0407. The average molecular weight is 260 g/mol. The van der Waals surface area contributed by atoms with Crippen LogP contribution >= 0.6 is 0 Å². The first-order chi connectivity index (χ1) is 9.15. The third-order valence-electron chi connectivity index (χ3n) is 3.70. The fourth-order valence-electron chi connectivity index (χ4n) is 2.64. The molecule has 3 rings (SSSR count). The number of aliphatic hydroxyl groups excluding tert-OH is 1. The molecule has 1 aliphatic carbocycles. The van der Waals surface area contributed by atoms with Gasteiger partial charge in [0, 0.05) is 6.07 Å². The second kappa shape index (κ2) is 4.74. The Balaban J connectivity index is 1.78. The number of benzene rings is 2. The van der Waals surface area contributed by atoms with Gasteiger partial charge in [-0.25, -0.2) is 8.78 Å². The van der Waals surface area contributed by atoms with Gasteiger partial charge in [-0.2, -0.15) is 0 Å². The van der Waals surface area contributed by atoms with Crippen LogP contribution in [0.4, 0.5) is 8.78 Å². The molecular formula is C16H14F2O. The average Bonchev–Trinajstić information content (AvgIpc) is 3.18. The first-order valence-corrected chi connectivity index (χ1v) is 6.34. The van der Waals surface area contributed by atoms with E-state index in [-0.39, 0.29) is 11.8 Å². The maximum absolute atomic E-state index is 13.1. The zero-order valence-corrected chi connectivity index (χ0v) is 10.3. The lowest BCUT2D eigenvalue weighted by Gasteiger charge is -2.11. The molecule has 1 nitrogen and oxygen atoms in total. The van der Waals surface area contributed by atoms with Crippen LogP contribution in [0.15, 0.2) is 48.5 Å². The molecular weight excluding hydrogens is 246 g/mol. The zero-order chi connectivity index (χ0) is 13.4. The molecule has 1 aliphatic rings. The molecule has 19 heavy (non-hydrogen) atoms. The molecule has 2 aromatic rings. The Morgan fingerprint density at radius 1 is 1.00 bits per heavy atom. The molecule has 1 fully saturated rings. The minimum Gasteiger partial charge on any atom is -0.388 e. The SMILES string of the molecule is OC(c1cc(F)cc(F)c1)C1CC1c1ccccc1. The van der Waals surface area contributed by atoms with Gasteiger partial charge in [-0.1, -0.05) is 30.3 Å². The minimum absolute atomic E-state index is 0.0450. The van der Waals surface area contributed by atoms with Crippen molar-refractivity contribution in [2.45, 2.75) is 18.4 Å². The van der Waals surface area contributed by atoms with Crippen LogP contribution in [0.3, 0.4) is 0 Å². The van der Waals surface area contributed by atoms with Crippen molar-refractivity contribution in [3.63, 3.8) is 0 Å². The highest BCUT2D eigenvalue weighted by Crippen LogP contribution is 2.54. The summed E-state index contributed by atoms with van der Waals surface area (Å²) in [7, 11) is 0. The molecule has 0 aliphatic heterocycles. The predicted molar refractivity (Wildman–Crippen MR) is 68.6 cm³/mol. The first kappa shape index (κ1) is 12.3. The lowest BCUT2D eigenvalue weighted by atomic mass is 10.0. The van der Waals surface area contributed by atoms with Crippen molar-refractivity contribution in [1.29, 1.82) is 0 Å². The van der Waals surface area contributed by atoms with Crippen LogP contribution in [0.1, 0.15) is 29.6 Å². The fraction of sp³-hybridized carbons (Fsp3) is 0.250. The van der Waals surface area contributed by atoms with E-state index in [9.17, 15) is 13.9 Å². The van der Waals surface area contributed by atoms with Crippen LogP contribution in [-0.4, -0.2) is 5.11 Å². The van der Waals surface area contributed by atoms with E-state index in [4.69, 9.17) is 0 Å². The Kier molecular flexibility index (Phi) is 3.07. The molecule has 0 radical (unpaired) electrons. The normalized spacial score (nSPS) is 23.1. The first-order valence-electron chi connectivity index (χ1n) is 6.34. The minimum atomic E-state index is -0.810. The highest BCUT2D eigenvalue weighted by molar-refractivity contribution is 5.30. The summed E-state index contributed by atoms with van der Waals surface area (Å²) >= 11 is 0. The summed E-state index contributed by atoms with van der Waals surface area (Å²) in [5.41, 5.74) is 1.49. The van der Waals surface area contributed by atoms with E-state index in [1.54, 1.807) is 0 Å². The second-order valence-electron chi connectivity index (χ2n) is 5.06. The maximum atomic E-state index is 13.1. The van der Waals surface area contributed by atoms with E-state index < -0.39 is 17.7 Å². The number of hydrogen-bond acceptors (Lipinski definition) is 1. The van der Waals surface area contributed by atoms with E-state index in [0.29, 0.717) is 5.56 Å². The van der Waals surface area contributed by atoms with E-state index in [1.165, 1.54) is 17.7 Å². The predicted octanol–water partition coefficient (Wildman–Crippen LogP) is 3.80. The van der Waals surface area contributed by atoms with Gasteiger partial charge >= 0.3 is 0 Å². The fourth-order valence-corrected chi connectivity index (χ4v) is 2.64. The Bertz CT molecular complexity index is 562. The van der Waals surface area contributed by atoms with E-state index in [0.717, 1.165) is 12.5 Å². The van der Waals surface area contributed by atoms with Gasteiger partial charge in [0.05, 0.1) is 6.10 Å². The standard InChI is InChI=1S/C16H14F2O/c17-12-6-11(7-13(18)8-12)16(19)15-9-14(15)10-4-2-1-3-5-10/h1-8,14-16,19H,9H2. The number of aliphatic hydroxyl groups is 1. The van der Waals surface area contributed by atoms with Crippen molar-refractivity contribution in [3.8, 4) is 0 Å². The summed E-state index contributed by atoms with van der Waals surface area (Å²) in [4.78, 5) is 0. The monoisotopic (exact) mass is 260 g/mol. The smallest absolute Gasteiger partial charge is 0.126 e. The quantitative estimate of drug-likeness (QED) is 0.890. The highest BCUT2D eigenvalue weighted by Gasteiger charge is 2.43. The number of hydrogen-bond donors (Lipinski definition) is 1. The van der Waals surface area contributed by atoms with Crippen LogP contribution in [0.2, 0.25) is 0 Å². The molecule has 0 bridgehead atoms. The highest BCUT2D eigenvalue weighted by atomic mass is 19.1. The van der Waals surface area contributed by atoms with Crippen molar-refractivity contribution >= 4 is 0 Å². The molecule has 0 amide bonds. The van der Waals surface area contributed by atoms with Crippen LogP contribution < -0.4 is 0 Å². The van der Waals surface area contributed by atoms with Crippen molar-refractivity contribution < 1.29 is 13.9 Å². The van der Waals surface area contributed by atoms with Gasteiger partial charge in [-0.3, -0.25) is 0 Å². The molecule has 0 aromatic heterocycles. The molecule has 98 valence electrons. The van der Waals surface area contributed by atoms with E-state index >= 15 is 0 Å². The summed E-state index contributed by atoms with van der Waals surface area (Å²) in [6, 6.07) is 13.1. The van der Waals surface area contributed by atoms with Gasteiger partial charge in [0.1, 0.15) is 11.6 Å². The Labute approximate surface area is 110 Å². The van der Waals surface area contributed by atoms with Gasteiger partial charge < -0.3 is 5.11 Å². The third kappa shape index (κ3) is 2.51. The summed E-state index contributed by atoms with van der Waals surface area (Å²) in [6.45, 7) is 0. The van der Waals surface area contributed by atoms with Gasteiger partial charge in [-0.05, 0) is 41.5 Å². The summed E-state index contributed by atoms with van der Waals surface area (Å²) < 4.78 is 26.3. The van der Waals surface area contributed by atoms with Crippen molar-refractivity contribution in [1.82, 2.24) is 0 Å². The molecule has 3 heteroatoms. The topological polar surface area (TPSA) is 20.2 Å². The van der Waals surface area contributed by atoms with Crippen molar-refractivity contribution in [3.05, 3.63) is 71.3 Å². The lowest BCUT2D eigenvalue weighted by Crippen LogP contribution is -2.02. The number of rotatable bonds is 3. The Morgan fingerprint density at radius 3 is 2.26 bits per heavy atom. The van der Waals surface area contributed by atoms with Gasteiger partial charge in [0.2, 0.25) is 0 Å². The largest absolute Gasteiger partial charge is 0.388 e. The Morgan fingerprint density at radius 2 is 1.63 bits per heavy atom. The Hall–Kier alpha value is -1.74. The second-order valence-corrected chi connectivity index (χ2v) is 5.06. The van der Waals surface area contributed by atoms with Gasteiger partial charge in [-0.15, -0.1) is 0 Å². The molecule has 3 atom stereocenters. The van der Waals surface area contributed by atoms with Gasteiger partial charge in [0.25, 0.3) is 0 Å². The third-order valence-corrected chi connectivity index (χ3v) is 3.70. The van der Waals surface area contributed by atoms with Gasteiger partial charge in [0.15, 0.2) is 0 Å². The molecule has 2 aromatic carbocycles. The molecule has 1 saturated carbocycles. The van der Waals surface area contributed by atoms with Crippen LogP contribution in [0.25, 0.3) is 0 Å². The molecule has 1 N–H and O–H groups in total. The molecule has 0 heterocycles. The van der Waals surface area contributed by atoms with E-state index in [1.807, 2.05) is 30.3 Å².